The van der Waals surface area contributed by atoms with Crippen molar-refractivity contribution in [3.8, 4) is 11.1 Å². The third kappa shape index (κ3) is 2.73. The number of halogens is 3. The molecule has 19 heavy (non-hydrogen) atoms. The van der Waals surface area contributed by atoms with Crippen molar-refractivity contribution in [3.05, 3.63) is 49.6 Å². The third-order valence-electron chi connectivity index (χ3n) is 2.40. The minimum absolute atomic E-state index is 0.169. The summed E-state index contributed by atoms with van der Waals surface area (Å²) in [6.07, 6.45) is 1.37. The van der Waals surface area contributed by atoms with Gasteiger partial charge in [-0.2, -0.15) is 0 Å². The Morgan fingerprint density at radius 2 is 1.89 bits per heavy atom. The van der Waals surface area contributed by atoms with Crippen LogP contribution < -0.4 is 5.73 Å². The van der Waals surface area contributed by atoms with E-state index in [0.29, 0.717) is 16.1 Å². The summed E-state index contributed by atoms with van der Waals surface area (Å²) in [6.45, 7) is 0. The summed E-state index contributed by atoms with van der Waals surface area (Å²) in [7, 11) is 0. The highest BCUT2D eigenvalue weighted by Gasteiger charge is 2.17. The minimum atomic E-state index is -0.619. The third-order valence-corrected chi connectivity index (χ3v) is 3.42. The molecule has 0 saturated carbocycles. The van der Waals surface area contributed by atoms with Crippen molar-refractivity contribution in [2.24, 2.45) is 0 Å². The smallest absolute Gasteiger partial charge is 0.311 e. The zero-order chi connectivity index (χ0) is 14.2. The van der Waals surface area contributed by atoms with E-state index in [1.807, 2.05) is 0 Å². The molecule has 2 N–H and O–H groups in total. The average Bonchev–Trinajstić information content (AvgIpc) is 2.34. The molecular weight excluding hydrogens is 312 g/mol. The van der Waals surface area contributed by atoms with Crippen LogP contribution in [0.2, 0.25) is 15.1 Å². The normalized spacial score (nSPS) is 10.5. The molecule has 0 aliphatic rings. The lowest BCUT2D eigenvalue weighted by Gasteiger charge is -2.07. The van der Waals surface area contributed by atoms with Crippen LogP contribution in [-0.2, 0) is 0 Å². The number of nitro groups is 1. The Kier molecular flexibility index (Phi) is 3.80. The topological polar surface area (TPSA) is 82.0 Å². The van der Waals surface area contributed by atoms with Crippen LogP contribution in [0.4, 0.5) is 11.5 Å². The molecule has 0 unspecified atom stereocenters. The van der Waals surface area contributed by atoms with Gasteiger partial charge in [-0.25, -0.2) is 4.98 Å². The molecule has 0 spiro atoms. The molecular formula is C11H6Cl3N3O2. The summed E-state index contributed by atoms with van der Waals surface area (Å²) in [5, 5.41) is 11.7. The second kappa shape index (κ2) is 5.21. The molecule has 0 aliphatic carbocycles. The summed E-state index contributed by atoms with van der Waals surface area (Å²) in [5.41, 5.74) is 5.99. The number of hydrogen-bond acceptors (Lipinski definition) is 4. The van der Waals surface area contributed by atoms with E-state index in [0.717, 1.165) is 0 Å². The fourth-order valence-corrected chi connectivity index (χ4v) is 2.23. The highest BCUT2D eigenvalue weighted by atomic mass is 35.5. The van der Waals surface area contributed by atoms with Crippen molar-refractivity contribution in [2.45, 2.75) is 0 Å². The summed E-state index contributed by atoms with van der Waals surface area (Å²) in [5.74, 6) is -0.169. The first-order valence-corrected chi connectivity index (χ1v) is 6.08. The van der Waals surface area contributed by atoms with E-state index in [1.54, 1.807) is 6.07 Å². The van der Waals surface area contributed by atoms with Gasteiger partial charge in [0.1, 0.15) is 0 Å². The molecule has 1 aromatic heterocycles. The number of rotatable bonds is 2. The number of nitrogen functional groups attached to an aromatic ring is 1. The van der Waals surface area contributed by atoms with Gasteiger partial charge in [-0.15, -0.1) is 0 Å². The van der Waals surface area contributed by atoms with E-state index in [2.05, 4.69) is 4.98 Å². The van der Waals surface area contributed by atoms with E-state index < -0.39 is 4.92 Å². The lowest BCUT2D eigenvalue weighted by atomic mass is 10.1. The predicted molar refractivity (Wildman–Crippen MR) is 75.8 cm³/mol. The molecule has 0 atom stereocenters. The summed E-state index contributed by atoms with van der Waals surface area (Å²) >= 11 is 17.8. The molecule has 8 heteroatoms. The molecule has 2 aromatic rings. The Morgan fingerprint density at radius 3 is 2.53 bits per heavy atom. The van der Waals surface area contributed by atoms with Crippen molar-refractivity contribution < 1.29 is 4.92 Å². The first-order chi connectivity index (χ1) is 8.90. The Hall–Kier alpha value is -1.56. The second-order valence-corrected chi connectivity index (χ2v) is 4.86. The van der Waals surface area contributed by atoms with Gasteiger partial charge in [-0.05, 0) is 12.1 Å². The van der Waals surface area contributed by atoms with E-state index in [4.69, 9.17) is 40.5 Å². The second-order valence-electron chi connectivity index (χ2n) is 3.63. The molecule has 0 bridgehead atoms. The van der Waals surface area contributed by atoms with Gasteiger partial charge in [-0.3, -0.25) is 10.1 Å². The van der Waals surface area contributed by atoms with Crippen LogP contribution in [0, 0.1) is 10.1 Å². The van der Waals surface area contributed by atoms with Gasteiger partial charge in [0.25, 0.3) is 0 Å². The zero-order valence-corrected chi connectivity index (χ0v) is 11.5. The van der Waals surface area contributed by atoms with E-state index in [-0.39, 0.29) is 21.6 Å². The van der Waals surface area contributed by atoms with Crippen LogP contribution in [0.1, 0.15) is 0 Å². The lowest BCUT2D eigenvalue weighted by molar-refractivity contribution is -0.384. The molecule has 0 aliphatic heterocycles. The number of pyridine rings is 1. The number of anilines is 1. The van der Waals surface area contributed by atoms with Gasteiger partial charge < -0.3 is 5.73 Å². The molecule has 1 aromatic carbocycles. The predicted octanol–water partition coefficient (Wildman–Crippen LogP) is 4.20. The lowest BCUT2D eigenvalue weighted by Crippen LogP contribution is -1.98. The maximum Gasteiger partial charge on any atom is 0.311 e. The van der Waals surface area contributed by atoms with Crippen LogP contribution in [-0.4, -0.2) is 9.91 Å². The Bertz CT molecular complexity index is 676. The molecule has 98 valence electrons. The SMILES string of the molecule is Nc1ncc(-c2cc(Cl)cc(Cl)c2Cl)cc1[N+](=O)[O-]. The quantitative estimate of drug-likeness (QED) is 0.511. The molecule has 5 nitrogen and oxygen atoms in total. The fraction of sp³-hybridized carbons (Fsp3) is 0. The number of nitrogens with zero attached hydrogens (tertiary/aromatic N) is 2. The monoisotopic (exact) mass is 317 g/mol. The highest BCUT2D eigenvalue weighted by molar-refractivity contribution is 6.45. The van der Waals surface area contributed by atoms with Gasteiger partial charge in [0, 0.05) is 28.4 Å². The van der Waals surface area contributed by atoms with Crippen molar-refractivity contribution in [3.63, 3.8) is 0 Å². The van der Waals surface area contributed by atoms with Crippen LogP contribution in [0.3, 0.4) is 0 Å². The first kappa shape index (κ1) is 13.9. The van der Waals surface area contributed by atoms with Crippen LogP contribution >= 0.6 is 34.8 Å². The van der Waals surface area contributed by atoms with Gasteiger partial charge in [-0.1, -0.05) is 34.8 Å². The fourth-order valence-electron chi connectivity index (χ4n) is 1.52. The number of benzene rings is 1. The van der Waals surface area contributed by atoms with Gasteiger partial charge in [0.15, 0.2) is 0 Å². The first-order valence-electron chi connectivity index (χ1n) is 4.95. The number of nitrogens with two attached hydrogens (primary N) is 1. The largest absolute Gasteiger partial charge is 0.378 e. The highest BCUT2D eigenvalue weighted by Crippen LogP contribution is 2.37. The van der Waals surface area contributed by atoms with Crippen molar-refractivity contribution in [1.82, 2.24) is 4.98 Å². The average molecular weight is 319 g/mol. The maximum atomic E-state index is 10.8. The van der Waals surface area contributed by atoms with Crippen LogP contribution in [0.15, 0.2) is 24.4 Å². The van der Waals surface area contributed by atoms with Crippen molar-refractivity contribution in [1.29, 1.82) is 0 Å². The summed E-state index contributed by atoms with van der Waals surface area (Å²) < 4.78 is 0. The molecule has 1 heterocycles. The van der Waals surface area contributed by atoms with Gasteiger partial charge >= 0.3 is 5.69 Å². The molecule has 0 fully saturated rings. The van der Waals surface area contributed by atoms with E-state index >= 15 is 0 Å². The Morgan fingerprint density at radius 1 is 1.21 bits per heavy atom. The summed E-state index contributed by atoms with van der Waals surface area (Å²) in [6, 6.07) is 4.30. The standard InChI is InChI=1S/C11H6Cl3N3O2/c12-6-2-7(10(14)8(13)3-6)5-1-9(17(18)19)11(15)16-4-5/h1-4H,(H2,15,16). The van der Waals surface area contributed by atoms with Crippen molar-refractivity contribution in [2.75, 3.05) is 5.73 Å². The number of aromatic nitrogens is 1. The molecule has 0 radical (unpaired) electrons. The van der Waals surface area contributed by atoms with Crippen molar-refractivity contribution >= 4 is 46.3 Å². The maximum absolute atomic E-state index is 10.8. The molecule has 2 rings (SSSR count). The minimum Gasteiger partial charge on any atom is -0.378 e. The van der Waals surface area contributed by atoms with Gasteiger partial charge in [0.2, 0.25) is 5.82 Å². The van der Waals surface area contributed by atoms with E-state index in [9.17, 15) is 10.1 Å². The van der Waals surface area contributed by atoms with Crippen LogP contribution in [0.25, 0.3) is 11.1 Å². The zero-order valence-electron chi connectivity index (χ0n) is 9.23. The van der Waals surface area contributed by atoms with Crippen LogP contribution in [0.5, 0.6) is 0 Å². The van der Waals surface area contributed by atoms with Gasteiger partial charge in [0.05, 0.1) is 15.0 Å². The molecule has 0 saturated heterocycles. The van der Waals surface area contributed by atoms with E-state index in [1.165, 1.54) is 18.3 Å². The summed E-state index contributed by atoms with van der Waals surface area (Å²) in [4.78, 5) is 14.0. The molecule has 0 amide bonds. The number of hydrogen-bond donors (Lipinski definition) is 1. The Balaban J connectivity index is 2.66. The Labute approximate surface area is 123 Å².